The molecule has 0 spiro atoms. The van der Waals surface area contributed by atoms with E-state index < -0.39 is 11.9 Å². The van der Waals surface area contributed by atoms with E-state index in [2.05, 4.69) is 4.98 Å². The third-order valence-corrected chi connectivity index (χ3v) is 3.18. The van der Waals surface area contributed by atoms with Crippen LogP contribution in [0.15, 0.2) is 24.4 Å². The van der Waals surface area contributed by atoms with E-state index in [1.807, 2.05) is 13.0 Å². The largest absolute Gasteiger partial charge is 0.506 e. The fourth-order valence-electron chi connectivity index (χ4n) is 1.97. The van der Waals surface area contributed by atoms with Crippen LogP contribution in [-0.4, -0.2) is 27.1 Å². The molecule has 2 N–H and O–H groups in total. The molecule has 0 aliphatic carbocycles. The molecule has 4 heteroatoms. The van der Waals surface area contributed by atoms with Crippen LogP contribution in [0.3, 0.4) is 0 Å². The Kier molecular flexibility index (Phi) is 3.53. The normalized spacial score (nSPS) is 12.9. The number of nitrogens with zero attached hydrogens (tertiary/aromatic N) is 1. The van der Waals surface area contributed by atoms with Crippen molar-refractivity contribution in [3.8, 4) is 5.75 Å². The van der Waals surface area contributed by atoms with Gasteiger partial charge in [-0.15, -0.1) is 0 Å². The molecule has 0 aliphatic rings. The number of aromatic nitrogens is 1. The van der Waals surface area contributed by atoms with Crippen molar-refractivity contribution in [2.45, 2.75) is 26.9 Å². The van der Waals surface area contributed by atoms with E-state index in [0.717, 1.165) is 11.1 Å². The summed E-state index contributed by atoms with van der Waals surface area (Å²) in [5.74, 6) is -0.775. The molecule has 100 valence electrons. The maximum absolute atomic E-state index is 12.1. The Morgan fingerprint density at radius 1 is 1.32 bits per heavy atom. The molecule has 1 aromatic heterocycles. The second-order valence-corrected chi connectivity index (χ2v) is 5.06. The van der Waals surface area contributed by atoms with Gasteiger partial charge in [0.1, 0.15) is 11.9 Å². The first-order valence-corrected chi connectivity index (χ1v) is 6.22. The lowest BCUT2D eigenvalue weighted by Gasteiger charge is -2.14. The summed E-state index contributed by atoms with van der Waals surface area (Å²) in [7, 11) is 0. The number of fused-ring (bicyclic) bond motifs is 1. The minimum Gasteiger partial charge on any atom is -0.506 e. The quantitative estimate of drug-likeness (QED) is 0.831. The number of phenols is 1. The first kappa shape index (κ1) is 13.5. The predicted octanol–water partition coefficient (Wildman–Crippen LogP) is 2.45. The second-order valence-electron chi connectivity index (χ2n) is 5.06. The summed E-state index contributed by atoms with van der Waals surface area (Å²) >= 11 is 0. The van der Waals surface area contributed by atoms with E-state index in [1.54, 1.807) is 32.2 Å². The number of phenolic OH excluding ortho intramolecular Hbond substituents is 1. The van der Waals surface area contributed by atoms with Crippen LogP contribution in [0, 0.1) is 12.8 Å². The number of hydrogen-bond donors (Lipinski definition) is 2. The molecule has 2 aromatic rings. The van der Waals surface area contributed by atoms with E-state index in [0.29, 0.717) is 5.39 Å². The topological polar surface area (TPSA) is 70.4 Å². The number of carbonyl (C=O) groups excluding carboxylic acids is 1. The molecular weight excluding hydrogens is 242 g/mol. The number of Topliss-reactive ketones (excluding diaryl/α,β-unsaturated/α-hetero) is 1. The first-order valence-electron chi connectivity index (χ1n) is 6.22. The Bertz CT molecular complexity index is 635. The van der Waals surface area contributed by atoms with Gasteiger partial charge in [-0.25, -0.2) is 0 Å². The minimum absolute atomic E-state index is 0.116. The zero-order valence-electron chi connectivity index (χ0n) is 11.2. The number of aromatic hydroxyl groups is 1. The van der Waals surface area contributed by atoms with Gasteiger partial charge in [-0.1, -0.05) is 19.9 Å². The number of hydrogen-bond acceptors (Lipinski definition) is 4. The summed E-state index contributed by atoms with van der Waals surface area (Å²) in [4.78, 5) is 16.2. The van der Waals surface area contributed by atoms with Gasteiger partial charge in [0.2, 0.25) is 0 Å². The molecule has 0 bridgehead atoms. The molecule has 4 nitrogen and oxygen atoms in total. The van der Waals surface area contributed by atoms with Crippen LogP contribution < -0.4 is 0 Å². The lowest BCUT2D eigenvalue weighted by molar-refractivity contribution is 0.0645. The van der Waals surface area contributed by atoms with Gasteiger partial charge >= 0.3 is 0 Å². The fraction of sp³-hybridized carbons (Fsp3) is 0.333. The van der Waals surface area contributed by atoms with E-state index in [1.165, 1.54) is 0 Å². The van der Waals surface area contributed by atoms with Gasteiger partial charge in [0.25, 0.3) is 0 Å². The van der Waals surface area contributed by atoms with E-state index in [-0.39, 0.29) is 17.2 Å². The van der Waals surface area contributed by atoms with Crippen LogP contribution in [0.1, 0.15) is 29.9 Å². The Balaban J connectivity index is 2.54. The second kappa shape index (κ2) is 4.97. The van der Waals surface area contributed by atoms with Gasteiger partial charge < -0.3 is 10.2 Å². The van der Waals surface area contributed by atoms with Gasteiger partial charge in [-0.3, -0.25) is 9.78 Å². The number of aryl methyl sites for hydroxylation is 1. The maximum atomic E-state index is 12.1. The third kappa shape index (κ3) is 2.44. The molecular formula is C15H17NO3. The van der Waals surface area contributed by atoms with E-state index in [9.17, 15) is 15.0 Å². The molecule has 0 saturated heterocycles. The molecule has 0 unspecified atom stereocenters. The molecule has 19 heavy (non-hydrogen) atoms. The van der Waals surface area contributed by atoms with Crippen molar-refractivity contribution in [1.82, 2.24) is 4.98 Å². The van der Waals surface area contributed by atoms with Crippen molar-refractivity contribution >= 4 is 16.6 Å². The molecule has 1 heterocycles. The Labute approximate surface area is 111 Å². The van der Waals surface area contributed by atoms with Crippen molar-refractivity contribution < 1.29 is 15.0 Å². The number of ketones is 1. The van der Waals surface area contributed by atoms with Crippen LogP contribution in [0.4, 0.5) is 0 Å². The van der Waals surface area contributed by atoms with Crippen LogP contribution in [0.5, 0.6) is 5.75 Å². The number of aliphatic hydroxyl groups is 1. The summed E-state index contributed by atoms with van der Waals surface area (Å²) in [6, 6.07) is 5.14. The Morgan fingerprint density at radius 3 is 2.63 bits per heavy atom. The minimum atomic E-state index is -1.11. The lowest BCUT2D eigenvalue weighted by atomic mass is 9.95. The summed E-state index contributed by atoms with van der Waals surface area (Å²) in [5.41, 5.74) is 0.979. The number of pyridine rings is 1. The van der Waals surface area contributed by atoms with Crippen molar-refractivity contribution in [3.63, 3.8) is 0 Å². The van der Waals surface area contributed by atoms with Crippen molar-refractivity contribution in [2.24, 2.45) is 5.92 Å². The highest BCUT2D eigenvalue weighted by atomic mass is 16.3. The highest BCUT2D eigenvalue weighted by Gasteiger charge is 2.23. The summed E-state index contributed by atoms with van der Waals surface area (Å²) < 4.78 is 0. The van der Waals surface area contributed by atoms with Gasteiger partial charge in [-0.2, -0.15) is 0 Å². The molecule has 0 radical (unpaired) electrons. The van der Waals surface area contributed by atoms with Crippen molar-refractivity contribution in [1.29, 1.82) is 0 Å². The molecule has 2 rings (SSSR count). The monoisotopic (exact) mass is 259 g/mol. The smallest absolute Gasteiger partial charge is 0.195 e. The summed E-state index contributed by atoms with van der Waals surface area (Å²) in [6.45, 7) is 5.37. The average molecular weight is 259 g/mol. The van der Waals surface area contributed by atoms with Gasteiger partial charge in [-0.05, 0) is 30.4 Å². The van der Waals surface area contributed by atoms with Gasteiger partial charge in [0.15, 0.2) is 5.78 Å². The lowest BCUT2D eigenvalue weighted by Crippen LogP contribution is -2.26. The number of carbonyl (C=O) groups is 1. The molecule has 1 atom stereocenters. The van der Waals surface area contributed by atoms with E-state index >= 15 is 0 Å². The molecule has 0 fully saturated rings. The standard InChI is InChI=1S/C15H17NO3/c1-8(2)13(17)15(19)11-5-4-10-6-9(3)16-7-12(10)14(11)18/h4-8,13,17-18H,1-3H3/t13-/m1/s1. The maximum Gasteiger partial charge on any atom is 0.195 e. The van der Waals surface area contributed by atoms with Crippen LogP contribution in [-0.2, 0) is 0 Å². The number of benzene rings is 1. The average Bonchev–Trinajstić information content (AvgIpc) is 2.37. The molecule has 0 aliphatic heterocycles. The summed E-state index contributed by atoms with van der Waals surface area (Å²) in [6.07, 6.45) is 0.431. The Morgan fingerprint density at radius 2 is 2.00 bits per heavy atom. The van der Waals surface area contributed by atoms with Crippen LogP contribution in [0.25, 0.3) is 10.8 Å². The SMILES string of the molecule is Cc1cc2ccc(C(=O)[C@H](O)C(C)C)c(O)c2cn1. The molecule has 0 amide bonds. The Hall–Kier alpha value is -1.94. The zero-order chi connectivity index (χ0) is 14.2. The van der Waals surface area contributed by atoms with Crippen LogP contribution >= 0.6 is 0 Å². The predicted molar refractivity (Wildman–Crippen MR) is 73.3 cm³/mol. The van der Waals surface area contributed by atoms with Crippen LogP contribution in [0.2, 0.25) is 0 Å². The molecule has 1 aromatic carbocycles. The third-order valence-electron chi connectivity index (χ3n) is 3.18. The summed E-state index contributed by atoms with van der Waals surface area (Å²) in [5, 5.41) is 21.3. The van der Waals surface area contributed by atoms with Crippen molar-refractivity contribution in [3.05, 3.63) is 35.7 Å². The first-order chi connectivity index (χ1) is 8.91. The number of aliphatic hydroxyl groups excluding tert-OH is 1. The zero-order valence-corrected chi connectivity index (χ0v) is 11.2. The fourth-order valence-corrected chi connectivity index (χ4v) is 1.97. The van der Waals surface area contributed by atoms with Gasteiger partial charge in [0.05, 0.1) is 5.56 Å². The van der Waals surface area contributed by atoms with Gasteiger partial charge in [0, 0.05) is 17.3 Å². The van der Waals surface area contributed by atoms with E-state index in [4.69, 9.17) is 0 Å². The number of rotatable bonds is 3. The highest BCUT2D eigenvalue weighted by molar-refractivity contribution is 6.06. The molecule has 0 saturated carbocycles. The van der Waals surface area contributed by atoms with Crippen molar-refractivity contribution in [2.75, 3.05) is 0 Å². The highest BCUT2D eigenvalue weighted by Crippen LogP contribution is 2.30.